The molecule has 2 unspecified atom stereocenters. The maximum absolute atomic E-state index is 5.97. The van der Waals surface area contributed by atoms with Gasteiger partial charge in [0.1, 0.15) is 6.10 Å². The summed E-state index contributed by atoms with van der Waals surface area (Å²) < 4.78 is 7.08. The molecule has 2 nitrogen and oxygen atoms in total. The summed E-state index contributed by atoms with van der Waals surface area (Å²) in [5.74, 6) is 0.656. The number of ether oxygens (including phenoxy) is 1. The van der Waals surface area contributed by atoms with Gasteiger partial charge in [0.2, 0.25) is 0 Å². The van der Waals surface area contributed by atoms with Crippen LogP contribution in [0.25, 0.3) is 0 Å². The maximum atomic E-state index is 5.97. The third-order valence-electron chi connectivity index (χ3n) is 2.32. The van der Waals surface area contributed by atoms with Crippen molar-refractivity contribution in [2.75, 3.05) is 6.54 Å². The van der Waals surface area contributed by atoms with E-state index in [2.05, 4.69) is 48.1 Å². The number of rotatable bonds is 6. The molecular formula is C12H20BrNOS. The summed E-state index contributed by atoms with van der Waals surface area (Å²) in [5, 5.41) is 2.06. The highest BCUT2D eigenvalue weighted by Gasteiger charge is 2.16. The van der Waals surface area contributed by atoms with Crippen LogP contribution in [0.1, 0.15) is 38.2 Å². The molecule has 16 heavy (non-hydrogen) atoms. The van der Waals surface area contributed by atoms with Crippen molar-refractivity contribution in [1.82, 2.24) is 0 Å². The van der Waals surface area contributed by atoms with E-state index in [1.165, 1.54) is 4.88 Å². The van der Waals surface area contributed by atoms with Gasteiger partial charge in [-0.2, -0.15) is 0 Å². The topological polar surface area (TPSA) is 35.2 Å². The molecule has 2 atom stereocenters. The van der Waals surface area contributed by atoms with Crippen LogP contribution in [0.3, 0.4) is 0 Å². The van der Waals surface area contributed by atoms with Gasteiger partial charge in [-0.05, 0) is 41.3 Å². The summed E-state index contributed by atoms with van der Waals surface area (Å²) in [6.07, 6.45) is 1.36. The zero-order valence-corrected chi connectivity index (χ0v) is 12.5. The van der Waals surface area contributed by atoms with Gasteiger partial charge in [-0.3, -0.25) is 0 Å². The molecule has 0 amide bonds. The van der Waals surface area contributed by atoms with E-state index in [-0.39, 0.29) is 12.2 Å². The van der Waals surface area contributed by atoms with Crippen molar-refractivity contribution in [2.24, 2.45) is 11.7 Å². The number of nitrogens with two attached hydrogens (primary N) is 1. The maximum Gasteiger partial charge on any atom is 0.104 e. The summed E-state index contributed by atoms with van der Waals surface area (Å²) in [7, 11) is 0. The molecule has 1 aromatic heterocycles. The van der Waals surface area contributed by atoms with E-state index in [0.717, 1.165) is 10.9 Å². The van der Waals surface area contributed by atoms with Crippen molar-refractivity contribution in [3.8, 4) is 0 Å². The second kappa shape index (κ2) is 6.74. The van der Waals surface area contributed by atoms with Gasteiger partial charge in [-0.15, -0.1) is 11.3 Å². The lowest BCUT2D eigenvalue weighted by molar-refractivity contribution is -0.00659. The van der Waals surface area contributed by atoms with Crippen molar-refractivity contribution in [3.05, 3.63) is 20.8 Å². The average Bonchev–Trinajstić information content (AvgIpc) is 2.60. The van der Waals surface area contributed by atoms with E-state index in [0.29, 0.717) is 12.5 Å². The molecule has 1 heterocycles. The number of hydrogen-bond acceptors (Lipinski definition) is 3. The molecule has 92 valence electrons. The van der Waals surface area contributed by atoms with Crippen LogP contribution in [0.4, 0.5) is 0 Å². The first-order valence-electron chi connectivity index (χ1n) is 5.62. The van der Waals surface area contributed by atoms with Gasteiger partial charge in [0.15, 0.2) is 0 Å². The van der Waals surface area contributed by atoms with E-state index in [4.69, 9.17) is 10.5 Å². The lowest BCUT2D eigenvalue weighted by Gasteiger charge is -2.21. The summed E-state index contributed by atoms with van der Waals surface area (Å²) in [4.78, 5) is 1.20. The van der Waals surface area contributed by atoms with Crippen molar-refractivity contribution in [3.63, 3.8) is 0 Å². The molecule has 0 aliphatic rings. The minimum absolute atomic E-state index is 0.0325. The van der Waals surface area contributed by atoms with Crippen LogP contribution in [-0.2, 0) is 4.74 Å². The number of hydrogen-bond donors (Lipinski definition) is 1. The van der Waals surface area contributed by atoms with E-state index < -0.39 is 0 Å². The van der Waals surface area contributed by atoms with E-state index in [9.17, 15) is 0 Å². The first-order valence-corrected chi connectivity index (χ1v) is 7.29. The van der Waals surface area contributed by atoms with Crippen molar-refractivity contribution >= 4 is 27.3 Å². The van der Waals surface area contributed by atoms with E-state index in [1.54, 1.807) is 11.3 Å². The Morgan fingerprint density at radius 1 is 1.44 bits per heavy atom. The predicted octanol–water partition coefficient (Wildman–Crippen LogP) is 3.96. The van der Waals surface area contributed by atoms with Crippen LogP contribution in [0, 0.1) is 5.92 Å². The highest BCUT2D eigenvalue weighted by atomic mass is 79.9. The minimum atomic E-state index is 0.0325. The van der Waals surface area contributed by atoms with Crippen molar-refractivity contribution in [2.45, 2.75) is 39.4 Å². The molecule has 0 spiro atoms. The third kappa shape index (κ3) is 4.53. The second-order valence-corrected chi connectivity index (χ2v) is 6.33. The largest absolute Gasteiger partial charge is 0.368 e. The normalized spacial score (nSPS) is 15.4. The first kappa shape index (κ1) is 14.2. The fourth-order valence-electron chi connectivity index (χ4n) is 1.74. The lowest BCUT2D eigenvalue weighted by atomic mass is 10.1. The Morgan fingerprint density at radius 2 is 2.12 bits per heavy atom. The smallest absolute Gasteiger partial charge is 0.104 e. The Hall–Kier alpha value is 0.1000. The number of thiophene rings is 1. The van der Waals surface area contributed by atoms with Crippen LogP contribution in [0.15, 0.2) is 15.9 Å². The molecular weight excluding hydrogens is 286 g/mol. The van der Waals surface area contributed by atoms with Crippen LogP contribution in [0.5, 0.6) is 0 Å². The zero-order chi connectivity index (χ0) is 12.1. The predicted molar refractivity (Wildman–Crippen MR) is 73.8 cm³/mol. The SMILES string of the molecule is CC(C)CC(C)OC(CN)c1cc(Br)cs1. The fourth-order valence-corrected chi connectivity index (χ4v) is 3.23. The molecule has 1 rings (SSSR count). The quantitative estimate of drug-likeness (QED) is 0.863. The average molecular weight is 306 g/mol. The van der Waals surface area contributed by atoms with Crippen molar-refractivity contribution in [1.29, 1.82) is 0 Å². The van der Waals surface area contributed by atoms with Gasteiger partial charge in [0.25, 0.3) is 0 Å². The minimum Gasteiger partial charge on any atom is -0.368 e. The Balaban J connectivity index is 2.55. The van der Waals surface area contributed by atoms with Crippen LogP contribution >= 0.6 is 27.3 Å². The number of halogens is 1. The third-order valence-corrected chi connectivity index (χ3v) is 4.10. The molecule has 0 saturated carbocycles. The second-order valence-electron chi connectivity index (χ2n) is 4.47. The standard InChI is InChI=1S/C12H20BrNOS/c1-8(2)4-9(3)15-11(6-14)12-5-10(13)7-16-12/h5,7-9,11H,4,6,14H2,1-3H3. The van der Waals surface area contributed by atoms with Crippen LogP contribution < -0.4 is 5.73 Å². The Morgan fingerprint density at radius 3 is 2.56 bits per heavy atom. The molecule has 0 saturated heterocycles. The summed E-state index contributed by atoms with van der Waals surface area (Å²) in [6, 6.07) is 2.09. The highest BCUT2D eigenvalue weighted by Crippen LogP contribution is 2.28. The van der Waals surface area contributed by atoms with Crippen LogP contribution in [0.2, 0.25) is 0 Å². The molecule has 0 radical (unpaired) electrons. The van der Waals surface area contributed by atoms with Crippen LogP contribution in [-0.4, -0.2) is 12.6 Å². The van der Waals surface area contributed by atoms with Crippen molar-refractivity contribution < 1.29 is 4.74 Å². The highest BCUT2D eigenvalue weighted by molar-refractivity contribution is 9.10. The van der Waals surface area contributed by atoms with Gasteiger partial charge in [0.05, 0.1) is 6.10 Å². The van der Waals surface area contributed by atoms with E-state index in [1.807, 2.05) is 0 Å². The molecule has 0 fully saturated rings. The van der Waals surface area contributed by atoms with E-state index >= 15 is 0 Å². The molecule has 0 aliphatic carbocycles. The monoisotopic (exact) mass is 305 g/mol. The Kier molecular flexibility index (Phi) is 5.97. The summed E-state index contributed by atoms with van der Waals surface area (Å²) in [5.41, 5.74) is 5.76. The fraction of sp³-hybridized carbons (Fsp3) is 0.667. The zero-order valence-electron chi connectivity index (χ0n) is 10.1. The van der Waals surface area contributed by atoms with Gasteiger partial charge in [0, 0.05) is 21.3 Å². The molecule has 0 aliphatic heterocycles. The van der Waals surface area contributed by atoms with Gasteiger partial charge in [-0.1, -0.05) is 13.8 Å². The molecule has 0 aromatic carbocycles. The Labute approximate surface area is 110 Å². The molecule has 2 N–H and O–H groups in total. The summed E-state index contributed by atoms with van der Waals surface area (Å²) >= 11 is 5.14. The summed E-state index contributed by atoms with van der Waals surface area (Å²) in [6.45, 7) is 7.07. The van der Waals surface area contributed by atoms with Gasteiger partial charge >= 0.3 is 0 Å². The first-order chi connectivity index (χ1) is 7.52. The molecule has 4 heteroatoms. The van der Waals surface area contributed by atoms with Gasteiger partial charge in [-0.25, -0.2) is 0 Å². The van der Waals surface area contributed by atoms with Gasteiger partial charge < -0.3 is 10.5 Å². The Bertz CT molecular complexity index is 314. The molecule has 0 bridgehead atoms. The molecule has 1 aromatic rings. The lowest BCUT2D eigenvalue weighted by Crippen LogP contribution is -2.21.